The van der Waals surface area contributed by atoms with Gasteiger partial charge in [0.2, 0.25) is 20.0 Å². The highest BCUT2D eigenvalue weighted by molar-refractivity contribution is 7.89. The summed E-state index contributed by atoms with van der Waals surface area (Å²) in [4.78, 5) is 0.291. The Bertz CT molecular complexity index is 793. The van der Waals surface area contributed by atoms with Gasteiger partial charge < -0.3 is 0 Å². The van der Waals surface area contributed by atoms with Crippen LogP contribution in [0.4, 0.5) is 0 Å². The van der Waals surface area contributed by atoms with Gasteiger partial charge in [-0.25, -0.2) is 16.8 Å². The van der Waals surface area contributed by atoms with Crippen LogP contribution in [0, 0.1) is 5.92 Å². The maximum Gasteiger partial charge on any atom is 0.243 e. The lowest BCUT2D eigenvalue weighted by molar-refractivity contribution is 0.357. The van der Waals surface area contributed by atoms with Crippen LogP contribution >= 0.6 is 0 Å². The molecule has 24 heavy (non-hydrogen) atoms. The van der Waals surface area contributed by atoms with E-state index in [4.69, 9.17) is 0 Å². The predicted octanol–water partition coefficient (Wildman–Crippen LogP) is 1.89. The molecule has 2 fully saturated rings. The Morgan fingerprint density at radius 2 is 1.50 bits per heavy atom. The number of rotatable bonds is 6. The van der Waals surface area contributed by atoms with Crippen molar-refractivity contribution in [3.8, 4) is 0 Å². The molecule has 1 saturated carbocycles. The van der Waals surface area contributed by atoms with Crippen molar-refractivity contribution in [1.29, 1.82) is 0 Å². The quantitative estimate of drug-likeness (QED) is 0.764. The maximum absolute atomic E-state index is 12.7. The average Bonchev–Trinajstić information content (AvgIpc) is 3.26. The first-order chi connectivity index (χ1) is 11.2. The van der Waals surface area contributed by atoms with E-state index in [9.17, 15) is 16.8 Å². The van der Waals surface area contributed by atoms with Gasteiger partial charge in [0, 0.05) is 26.2 Å². The van der Waals surface area contributed by atoms with Crippen LogP contribution in [0.3, 0.4) is 0 Å². The van der Waals surface area contributed by atoms with E-state index >= 15 is 0 Å². The molecule has 2 aliphatic rings. The topological polar surface area (TPSA) is 74.8 Å². The molecule has 134 valence electrons. The lowest BCUT2D eigenvalue weighted by Gasteiger charge is -2.24. The minimum absolute atomic E-state index is 0.0389. The van der Waals surface area contributed by atoms with Crippen LogP contribution in [0.5, 0.6) is 0 Å². The fraction of sp³-hybridized carbons (Fsp3) is 0.625. The molecule has 0 aromatic heterocycles. The minimum Gasteiger partial charge on any atom is -0.207 e. The molecule has 1 saturated heterocycles. The zero-order chi connectivity index (χ0) is 17.5. The Balaban J connectivity index is 1.83. The molecule has 1 heterocycles. The van der Waals surface area contributed by atoms with Gasteiger partial charge in [0.15, 0.2) is 0 Å². The first kappa shape index (κ1) is 17.8. The second kappa shape index (κ2) is 6.40. The van der Waals surface area contributed by atoms with Crippen LogP contribution in [-0.4, -0.2) is 51.6 Å². The SMILES string of the molecule is CC(C1CC1)N(C)S(=O)(=O)c1ccc(S(=O)(=O)N2CCCC2)cc1. The van der Waals surface area contributed by atoms with E-state index in [-0.39, 0.29) is 15.8 Å². The van der Waals surface area contributed by atoms with Crippen molar-refractivity contribution < 1.29 is 16.8 Å². The molecular formula is C16H24N2O4S2. The standard InChI is InChI=1S/C16H24N2O4S2/c1-13(14-5-6-14)17(2)23(19,20)15-7-9-16(10-8-15)24(21,22)18-11-3-4-12-18/h7-10,13-14H,3-6,11-12H2,1-2H3. The molecule has 0 bridgehead atoms. The molecule has 1 atom stereocenters. The molecule has 1 aliphatic heterocycles. The van der Waals surface area contributed by atoms with Crippen LogP contribution in [-0.2, 0) is 20.0 Å². The summed E-state index contributed by atoms with van der Waals surface area (Å²) < 4.78 is 53.2. The van der Waals surface area contributed by atoms with Crippen molar-refractivity contribution in [1.82, 2.24) is 8.61 Å². The van der Waals surface area contributed by atoms with E-state index in [1.165, 1.54) is 32.9 Å². The molecule has 1 aromatic carbocycles. The predicted molar refractivity (Wildman–Crippen MR) is 91.6 cm³/mol. The second-order valence-corrected chi connectivity index (χ2v) is 10.6. The van der Waals surface area contributed by atoms with Crippen molar-refractivity contribution in [2.45, 2.75) is 48.4 Å². The monoisotopic (exact) mass is 372 g/mol. The Labute approximate surface area is 144 Å². The molecule has 0 N–H and O–H groups in total. The maximum atomic E-state index is 12.7. The molecule has 6 nitrogen and oxygen atoms in total. The van der Waals surface area contributed by atoms with Gasteiger partial charge in [-0.1, -0.05) is 0 Å². The first-order valence-corrected chi connectivity index (χ1v) is 11.2. The van der Waals surface area contributed by atoms with Gasteiger partial charge in [-0.05, 0) is 62.8 Å². The molecule has 0 radical (unpaired) electrons. The smallest absolute Gasteiger partial charge is 0.207 e. The van der Waals surface area contributed by atoms with Crippen molar-refractivity contribution >= 4 is 20.0 Å². The van der Waals surface area contributed by atoms with Gasteiger partial charge in [-0.15, -0.1) is 0 Å². The van der Waals surface area contributed by atoms with E-state index in [2.05, 4.69) is 0 Å². The molecule has 0 amide bonds. The van der Waals surface area contributed by atoms with Crippen molar-refractivity contribution in [2.75, 3.05) is 20.1 Å². The Kier molecular flexibility index (Phi) is 4.76. The van der Waals surface area contributed by atoms with Gasteiger partial charge in [0.1, 0.15) is 0 Å². The number of hydrogen-bond donors (Lipinski definition) is 0. The third kappa shape index (κ3) is 3.24. The third-order valence-corrected chi connectivity index (χ3v) is 8.95. The van der Waals surface area contributed by atoms with E-state index in [1.54, 1.807) is 7.05 Å². The summed E-state index contributed by atoms with van der Waals surface area (Å²) in [5.74, 6) is 0.430. The van der Waals surface area contributed by atoms with Gasteiger partial charge >= 0.3 is 0 Å². The molecule has 1 aromatic rings. The fourth-order valence-corrected chi connectivity index (χ4v) is 6.06. The van der Waals surface area contributed by atoms with Crippen molar-refractivity contribution in [3.05, 3.63) is 24.3 Å². The summed E-state index contributed by atoms with van der Waals surface area (Å²) in [5, 5.41) is 0. The normalized spacial score (nSPS) is 21.3. The van der Waals surface area contributed by atoms with Crippen LogP contribution in [0.1, 0.15) is 32.6 Å². The summed E-state index contributed by atoms with van der Waals surface area (Å²) in [6.07, 6.45) is 3.87. The van der Waals surface area contributed by atoms with Gasteiger partial charge in [0.25, 0.3) is 0 Å². The summed E-state index contributed by atoms with van der Waals surface area (Å²) in [6.45, 7) is 2.98. The van der Waals surface area contributed by atoms with Crippen molar-refractivity contribution in [2.24, 2.45) is 5.92 Å². The van der Waals surface area contributed by atoms with Crippen LogP contribution in [0.2, 0.25) is 0 Å². The highest BCUT2D eigenvalue weighted by Gasteiger charge is 2.36. The number of nitrogens with zero attached hydrogens (tertiary/aromatic N) is 2. The van der Waals surface area contributed by atoms with Crippen LogP contribution in [0.15, 0.2) is 34.1 Å². The summed E-state index contributed by atoms with van der Waals surface area (Å²) in [7, 11) is -5.53. The fourth-order valence-electron chi connectivity index (χ4n) is 3.12. The molecule has 3 rings (SSSR count). The van der Waals surface area contributed by atoms with E-state index in [0.29, 0.717) is 19.0 Å². The van der Waals surface area contributed by atoms with Gasteiger partial charge in [-0.2, -0.15) is 8.61 Å². The lowest BCUT2D eigenvalue weighted by Crippen LogP contribution is -2.36. The van der Waals surface area contributed by atoms with Crippen molar-refractivity contribution in [3.63, 3.8) is 0 Å². The van der Waals surface area contributed by atoms with E-state index in [0.717, 1.165) is 25.7 Å². The summed E-state index contributed by atoms with van der Waals surface area (Å²) >= 11 is 0. The summed E-state index contributed by atoms with van der Waals surface area (Å²) in [6, 6.07) is 5.55. The molecular weight excluding hydrogens is 348 g/mol. The molecule has 8 heteroatoms. The lowest BCUT2D eigenvalue weighted by atomic mass is 10.2. The largest absolute Gasteiger partial charge is 0.243 e. The first-order valence-electron chi connectivity index (χ1n) is 8.33. The Morgan fingerprint density at radius 3 is 2.00 bits per heavy atom. The van der Waals surface area contributed by atoms with Gasteiger partial charge in [-0.3, -0.25) is 0 Å². The average molecular weight is 373 g/mol. The van der Waals surface area contributed by atoms with Crippen LogP contribution in [0.25, 0.3) is 0 Å². The zero-order valence-corrected chi connectivity index (χ0v) is 15.7. The number of sulfonamides is 2. The third-order valence-electron chi connectivity index (χ3n) is 5.08. The highest BCUT2D eigenvalue weighted by atomic mass is 32.2. The molecule has 1 aliphatic carbocycles. The van der Waals surface area contributed by atoms with E-state index in [1.807, 2.05) is 6.92 Å². The Morgan fingerprint density at radius 1 is 1.00 bits per heavy atom. The van der Waals surface area contributed by atoms with E-state index < -0.39 is 20.0 Å². The minimum atomic E-state index is -3.60. The zero-order valence-electron chi connectivity index (χ0n) is 14.1. The Hall–Kier alpha value is -0.960. The number of benzene rings is 1. The second-order valence-electron chi connectivity index (χ2n) is 6.68. The summed E-state index contributed by atoms with van der Waals surface area (Å²) in [5.41, 5.74) is 0. The number of hydrogen-bond acceptors (Lipinski definition) is 4. The van der Waals surface area contributed by atoms with Gasteiger partial charge in [0.05, 0.1) is 9.79 Å². The molecule has 0 spiro atoms. The van der Waals surface area contributed by atoms with Crippen LogP contribution < -0.4 is 0 Å². The highest BCUT2D eigenvalue weighted by Crippen LogP contribution is 2.36. The molecule has 1 unspecified atom stereocenters.